The van der Waals surface area contributed by atoms with Crippen LogP contribution in [0.15, 0.2) is 60.7 Å². The number of carbonyl (C=O) groups excluding carboxylic acids is 4. The molecule has 2 bridgehead atoms. The average molecular weight is 456 g/mol. The van der Waals surface area contributed by atoms with Crippen LogP contribution in [0, 0.1) is 42.4 Å². The van der Waals surface area contributed by atoms with Gasteiger partial charge in [-0.3, -0.25) is 14.4 Å². The fraction of sp³-hybridized carbons (Fsp3) is 0.357. The van der Waals surface area contributed by atoms with Crippen molar-refractivity contribution in [2.75, 3.05) is 4.90 Å². The van der Waals surface area contributed by atoms with Gasteiger partial charge in [0.05, 0.1) is 23.1 Å². The maximum Gasteiger partial charge on any atom is 0.338 e. The van der Waals surface area contributed by atoms with Gasteiger partial charge in [-0.2, -0.15) is 0 Å². The highest BCUT2D eigenvalue weighted by atomic mass is 16.5. The minimum absolute atomic E-state index is 0.142. The summed E-state index contributed by atoms with van der Waals surface area (Å²) in [6, 6.07) is 13.4. The summed E-state index contributed by atoms with van der Waals surface area (Å²) in [6.07, 6.45) is 4.41. The van der Waals surface area contributed by atoms with Crippen LogP contribution in [0.2, 0.25) is 0 Å². The average Bonchev–Trinajstić information content (AvgIpc) is 3.62. The number of nitrogens with zero attached hydrogens (tertiary/aromatic N) is 1. The lowest BCUT2D eigenvalue weighted by molar-refractivity contribution is -0.124. The summed E-state index contributed by atoms with van der Waals surface area (Å²) in [5.41, 5.74) is 2.08. The van der Waals surface area contributed by atoms with E-state index in [1.165, 1.54) is 17.9 Å². The first-order chi connectivity index (χ1) is 16.3. The molecule has 0 spiro atoms. The number of hydrogen-bond donors (Lipinski definition) is 0. The second-order valence-corrected chi connectivity index (χ2v) is 9.99. The SMILES string of the molecule is Cc1ccc(C(=O)[C@@H](C)OC(=O)c2cccc(N3C(=O)[C@@H]4[C@@H]5C=C[C@H]([C@H]6C[C@H]56)[C@@H]4C3=O)c2)cc1. The maximum atomic E-state index is 13.3. The zero-order valence-corrected chi connectivity index (χ0v) is 19.0. The van der Waals surface area contributed by atoms with Gasteiger partial charge in [-0.25, -0.2) is 9.69 Å². The molecule has 7 rings (SSSR count). The molecule has 6 nitrogen and oxygen atoms in total. The Morgan fingerprint density at radius 2 is 1.53 bits per heavy atom. The van der Waals surface area contributed by atoms with Gasteiger partial charge in [-0.05, 0) is 62.1 Å². The predicted molar refractivity (Wildman–Crippen MR) is 124 cm³/mol. The number of hydrogen-bond acceptors (Lipinski definition) is 5. The van der Waals surface area contributed by atoms with Crippen LogP contribution in [0.3, 0.4) is 0 Å². The molecular weight excluding hydrogens is 430 g/mol. The molecule has 0 aromatic heterocycles. The molecule has 2 aromatic rings. The number of amides is 2. The molecule has 1 aliphatic heterocycles. The summed E-state index contributed by atoms with van der Waals surface area (Å²) in [5.74, 6) is -0.561. The Kier molecular flexibility index (Phi) is 4.63. The van der Waals surface area contributed by atoms with Crippen molar-refractivity contribution >= 4 is 29.3 Å². The first-order valence-electron chi connectivity index (χ1n) is 11.8. The number of esters is 1. The van der Waals surface area contributed by atoms with E-state index in [1.807, 2.05) is 19.1 Å². The Bertz CT molecular complexity index is 1230. The monoisotopic (exact) mass is 455 g/mol. The van der Waals surface area contributed by atoms with E-state index in [9.17, 15) is 19.2 Å². The molecule has 5 aliphatic rings. The topological polar surface area (TPSA) is 80.8 Å². The third-order valence-corrected chi connectivity index (χ3v) is 7.99. The van der Waals surface area contributed by atoms with Crippen molar-refractivity contribution in [1.82, 2.24) is 0 Å². The zero-order valence-electron chi connectivity index (χ0n) is 19.0. The van der Waals surface area contributed by atoms with E-state index < -0.39 is 12.1 Å². The van der Waals surface area contributed by atoms with Crippen molar-refractivity contribution in [3.8, 4) is 0 Å². The van der Waals surface area contributed by atoms with Gasteiger partial charge in [0.2, 0.25) is 17.6 Å². The van der Waals surface area contributed by atoms with Crippen molar-refractivity contribution in [2.45, 2.75) is 26.4 Å². The highest BCUT2D eigenvalue weighted by Crippen LogP contribution is 2.65. The molecule has 1 heterocycles. The van der Waals surface area contributed by atoms with Crippen LogP contribution < -0.4 is 4.90 Å². The number of ketones is 1. The van der Waals surface area contributed by atoms with Crippen LogP contribution in [0.5, 0.6) is 0 Å². The standard InChI is InChI=1S/C28H25NO5/c1-14-6-8-16(9-7-14)25(30)15(2)34-28(33)17-4-3-5-18(12-17)29-26(31)23-19-10-11-20(22-13-21(19)22)24(23)27(29)32/h3-12,15,19-24H,13H2,1-2H3/t15-,19-,20-,21-,22-,23-,24+/m1/s1. The third kappa shape index (κ3) is 3.08. The summed E-state index contributed by atoms with van der Waals surface area (Å²) in [7, 11) is 0. The molecule has 34 heavy (non-hydrogen) atoms. The third-order valence-electron chi connectivity index (χ3n) is 7.99. The Morgan fingerprint density at radius 1 is 0.912 bits per heavy atom. The molecule has 6 heteroatoms. The Morgan fingerprint density at radius 3 is 2.15 bits per heavy atom. The van der Waals surface area contributed by atoms with Gasteiger partial charge in [0.25, 0.3) is 0 Å². The van der Waals surface area contributed by atoms with Gasteiger partial charge in [0.1, 0.15) is 0 Å². The van der Waals surface area contributed by atoms with E-state index in [-0.39, 0.29) is 46.8 Å². The van der Waals surface area contributed by atoms with Gasteiger partial charge >= 0.3 is 5.97 Å². The normalized spacial score (nSPS) is 31.2. The number of imide groups is 1. The van der Waals surface area contributed by atoms with E-state index in [0.717, 1.165) is 12.0 Å². The summed E-state index contributed by atoms with van der Waals surface area (Å²) in [4.78, 5) is 53.4. The molecule has 7 atom stereocenters. The minimum atomic E-state index is -0.967. The summed E-state index contributed by atoms with van der Waals surface area (Å²) in [6.45, 7) is 3.47. The first kappa shape index (κ1) is 21.0. The minimum Gasteiger partial charge on any atom is -0.451 e. The molecule has 0 N–H and O–H groups in total. The van der Waals surface area contributed by atoms with Crippen LogP contribution in [0.4, 0.5) is 5.69 Å². The highest BCUT2D eigenvalue weighted by molar-refractivity contribution is 6.23. The van der Waals surface area contributed by atoms with Crippen molar-refractivity contribution < 1.29 is 23.9 Å². The van der Waals surface area contributed by atoms with Crippen LogP contribution in [0.1, 0.15) is 39.6 Å². The molecular formula is C28H25NO5. The molecule has 172 valence electrons. The molecule has 4 aliphatic carbocycles. The maximum absolute atomic E-state index is 13.3. The second-order valence-electron chi connectivity index (χ2n) is 9.99. The summed E-state index contributed by atoms with van der Waals surface area (Å²) >= 11 is 0. The van der Waals surface area contributed by atoms with Gasteiger partial charge in [0, 0.05) is 5.56 Å². The predicted octanol–water partition coefficient (Wildman–Crippen LogP) is 3.98. The number of anilines is 1. The van der Waals surface area contributed by atoms with Gasteiger partial charge in [0.15, 0.2) is 6.10 Å². The first-order valence-corrected chi connectivity index (χ1v) is 11.8. The van der Waals surface area contributed by atoms with Gasteiger partial charge < -0.3 is 4.74 Å². The molecule has 2 aromatic carbocycles. The number of Topliss-reactive ketones (excluding diaryl/α,β-unsaturated/α-hetero) is 1. The Hall–Kier alpha value is -3.54. The van der Waals surface area contributed by atoms with Crippen molar-refractivity contribution in [2.24, 2.45) is 35.5 Å². The van der Waals surface area contributed by atoms with E-state index >= 15 is 0 Å². The molecule has 2 amide bonds. The molecule has 1 saturated heterocycles. The second kappa shape index (κ2) is 7.49. The van der Waals surface area contributed by atoms with Crippen molar-refractivity contribution in [1.29, 1.82) is 0 Å². The largest absolute Gasteiger partial charge is 0.451 e. The summed E-state index contributed by atoms with van der Waals surface area (Å²) < 4.78 is 5.43. The molecule has 0 radical (unpaired) electrons. The number of benzene rings is 2. The van der Waals surface area contributed by atoms with E-state index in [2.05, 4.69) is 12.2 Å². The zero-order chi connectivity index (χ0) is 23.7. The smallest absolute Gasteiger partial charge is 0.338 e. The van der Waals surface area contributed by atoms with E-state index in [4.69, 9.17) is 4.74 Å². The highest BCUT2D eigenvalue weighted by Gasteiger charge is 2.67. The van der Waals surface area contributed by atoms with E-state index in [1.54, 1.807) is 30.3 Å². The van der Waals surface area contributed by atoms with Crippen LogP contribution in [-0.4, -0.2) is 29.7 Å². The number of rotatable bonds is 5. The van der Waals surface area contributed by atoms with Crippen LogP contribution in [0.25, 0.3) is 0 Å². The lowest BCUT2D eigenvalue weighted by atomic mass is 9.63. The summed E-state index contributed by atoms with van der Waals surface area (Å²) in [5, 5.41) is 0. The lowest BCUT2D eigenvalue weighted by Gasteiger charge is -2.37. The van der Waals surface area contributed by atoms with Gasteiger partial charge in [-0.1, -0.05) is 48.0 Å². The molecule has 2 saturated carbocycles. The number of aryl methyl sites for hydroxylation is 1. The van der Waals surface area contributed by atoms with Crippen LogP contribution >= 0.6 is 0 Å². The lowest BCUT2D eigenvalue weighted by Crippen LogP contribution is -2.40. The number of carbonyl (C=O) groups is 4. The Labute approximate surface area is 197 Å². The number of allylic oxidation sites excluding steroid dienone is 2. The quantitative estimate of drug-likeness (QED) is 0.295. The fourth-order valence-electron chi connectivity index (χ4n) is 6.22. The van der Waals surface area contributed by atoms with Crippen LogP contribution in [-0.2, 0) is 14.3 Å². The van der Waals surface area contributed by atoms with E-state index in [0.29, 0.717) is 23.1 Å². The van der Waals surface area contributed by atoms with Crippen molar-refractivity contribution in [3.63, 3.8) is 0 Å². The number of ether oxygens (including phenoxy) is 1. The molecule has 0 unspecified atom stereocenters. The van der Waals surface area contributed by atoms with Gasteiger partial charge in [-0.15, -0.1) is 0 Å². The fourth-order valence-corrected chi connectivity index (χ4v) is 6.22. The van der Waals surface area contributed by atoms with Crippen molar-refractivity contribution in [3.05, 3.63) is 77.4 Å². The Balaban J connectivity index is 1.21. The molecule has 3 fully saturated rings.